The first kappa shape index (κ1) is 15.6. The second-order valence-electron chi connectivity index (χ2n) is 6.35. The Hall–Kier alpha value is -3.61. The maximum atomic E-state index is 14.8. The minimum absolute atomic E-state index is 0.0205. The van der Waals surface area contributed by atoms with E-state index in [1.807, 2.05) is 18.2 Å². The molecule has 1 N–H and O–H groups in total. The Labute approximate surface area is 151 Å². The minimum Gasteiger partial charge on any atom is -0.477 e. The Morgan fingerprint density at radius 3 is 2.81 bits per heavy atom. The van der Waals surface area contributed by atoms with Crippen LogP contribution >= 0.6 is 0 Å². The molecule has 3 aromatic heterocycles. The molecule has 0 aliphatic carbocycles. The van der Waals surface area contributed by atoms with E-state index in [9.17, 15) is 14.0 Å². The first-order chi connectivity index (χ1) is 13.1. The largest absolute Gasteiger partial charge is 0.477 e. The summed E-state index contributed by atoms with van der Waals surface area (Å²) in [5, 5.41) is 9.95. The van der Waals surface area contributed by atoms with E-state index in [1.54, 1.807) is 18.4 Å². The number of pyridine rings is 1. The highest BCUT2D eigenvalue weighted by Gasteiger charge is 2.30. The fraction of sp³-hybridized carbons (Fsp3) is 0.100. The van der Waals surface area contributed by atoms with Crippen molar-refractivity contribution in [3.8, 4) is 22.8 Å². The molecule has 0 bridgehead atoms. The second kappa shape index (κ2) is 5.44. The standard InChI is InChI=1S/C20H12FNO5/c21-15-16-19-11(6-7-22(16)9-13(17(15)23)20(24)25)10-3-1-4-12(18(10)27-19)14-5-2-8-26-14/h1-5,8-9H,6-7H2,(H,24,25). The molecule has 0 atom stereocenters. The van der Waals surface area contributed by atoms with Crippen molar-refractivity contribution in [1.82, 2.24) is 4.57 Å². The number of furan rings is 2. The summed E-state index contributed by atoms with van der Waals surface area (Å²) in [6.45, 7) is 0.347. The topological polar surface area (TPSA) is 85.6 Å². The van der Waals surface area contributed by atoms with Crippen LogP contribution in [-0.4, -0.2) is 15.6 Å². The molecule has 7 heteroatoms. The number of halogens is 1. The maximum Gasteiger partial charge on any atom is 0.341 e. The Bertz CT molecular complexity index is 1280. The summed E-state index contributed by atoms with van der Waals surface area (Å²) in [6.07, 6.45) is 3.25. The average molecular weight is 365 g/mol. The fourth-order valence-electron chi connectivity index (χ4n) is 3.66. The molecule has 0 saturated heterocycles. The lowest BCUT2D eigenvalue weighted by Gasteiger charge is -2.19. The predicted molar refractivity (Wildman–Crippen MR) is 94.2 cm³/mol. The molecule has 1 aromatic carbocycles. The highest BCUT2D eigenvalue weighted by Crippen LogP contribution is 2.41. The van der Waals surface area contributed by atoms with Crippen LogP contribution in [0.15, 0.2) is 56.4 Å². The summed E-state index contributed by atoms with van der Waals surface area (Å²) < 4.78 is 27.7. The lowest BCUT2D eigenvalue weighted by atomic mass is 9.99. The fourth-order valence-corrected chi connectivity index (χ4v) is 3.66. The number of aryl methyl sites for hydroxylation is 2. The average Bonchev–Trinajstić information content (AvgIpc) is 3.31. The van der Waals surface area contributed by atoms with Gasteiger partial charge in [-0.3, -0.25) is 4.79 Å². The van der Waals surface area contributed by atoms with Crippen molar-refractivity contribution in [2.45, 2.75) is 13.0 Å². The lowest BCUT2D eigenvalue weighted by Crippen LogP contribution is -2.25. The van der Waals surface area contributed by atoms with E-state index >= 15 is 0 Å². The van der Waals surface area contributed by atoms with Gasteiger partial charge in [0.25, 0.3) is 0 Å². The van der Waals surface area contributed by atoms with Crippen LogP contribution in [0, 0.1) is 5.82 Å². The van der Waals surface area contributed by atoms with Gasteiger partial charge in [-0.1, -0.05) is 12.1 Å². The number of nitrogens with zero attached hydrogens (tertiary/aromatic N) is 1. The number of carbonyl (C=O) groups is 1. The molecule has 0 fully saturated rings. The monoisotopic (exact) mass is 365 g/mol. The molecule has 6 nitrogen and oxygen atoms in total. The molecule has 5 rings (SSSR count). The van der Waals surface area contributed by atoms with Gasteiger partial charge in [0.05, 0.1) is 11.8 Å². The highest BCUT2D eigenvalue weighted by molar-refractivity contribution is 5.97. The van der Waals surface area contributed by atoms with Crippen molar-refractivity contribution in [1.29, 1.82) is 0 Å². The van der Waals surface area contributed by atoms with Gasteiger partial charge in [0.2, 0.25) is 5.43 Å². The van der Waals surface area contributed by atoms with Crippen molar-refractivity contribution in [3.63, 3.8) is 0 Å². The van der Waals surface area contributed by atoms with Gasteiger partial charge in [-0.05, 0) is 24.6 Å². The zero-order valence-electron chi connectivity index (χ0n) is 13.9. The SMILES string of the molecule is O=C(O)c1cn2c(c(F)c1=O)-c1oc3c(-c4ccco4)cccc3c1CC2. The van der Waals surface area contributed by atoms with Gasteiger partial charge in [0.15, 0.2) is 11.6 Å². The van der Waals surface area contributed by atoms with E-state index in [1.165, 1.54) is 10.8 Å². The third kappa shape index (κ3) is 2.11. The molecule has 4 aromatic rings. The Kier molecular flexibility index (Phi) is 3.15. The van der Waals surface area contributed by atoms with Crippen LogP contribution in [0.1, 0.15) is 15.9 Å². The Balaban J connectivity index is 1.83. The molecule has 0 spiro atoms. The number of benzene rings is 1. The van der Waals surface area contributed by atoms with Crippen molar-refractivity contribution >= 4 is 16.9 Å². The van der Waals surface area contributed by atoms with Crippen LogP contribution in [0.5, 0.6) is 0 Å². The van der Waals surface area contributed by atoms with Crippen LogP contribution in [0.2, 0.25) is 0 Å². The molecule has 0 unspecified atom stereocenters. The van der Waals surface area contributed by atoms with Gasteiger partial charge in [-0.2, -0.15) is 0 Å². The third-order valence-corrected chi connectivity index (χ3v) is 4.88. The highest BCUT2D eigenvalue weighted by atomic mass is 19.1. The molecular weight excluding hydrogens is 353 g/mol. The number of carboxylic acid groups (broad SMARTS) is 1. The number of fused-ring (bicyclic) bond motifs is 5. The number of para-hydroxylation sites is 1. The van der Waals surface area contributed by atoms with Crippen molar-refractivity contribution in [2.75, 3.05) is 0 Å². The number of rotatable bonds is 2. The van der Waals surface area contributed by atoms with E-state index in [-0.39, 0.29) is 11.5 Å². The van der Waals surface area contributed by atoms with Crippen molar-refractivity contribution in [2.24, 2.45) is 0 Å². The number of aromatic carboxylic acids is 1. The number of hydrogen-bond acceptors (Lipinski definition) is 4. The van der Waals surface area contributed by atoms with Gasteiger partial charge in [-0.15, -0.1) is 0 Å². The van der Waals surface area contributed by atoms with E-state index in [4.69, 9.17) is 13.9 Å². The van der Waals surface area contributed by atoms with Crippen molar-refractivity contribution in [3.05, 3.63) is 70.0 Å². The van der Waals surface area contributed by atoms with E-state index in [0.29, 0.717) is 24.3 Å². The molecular formula is C20H12FNO5. The van der Waals surface area contributed by atoms with Gasteiger partial charge in [0.1, 0.15) is 22.6 Å². The smallest absolute Gasteiger partial charge is 0.341 e. The molecule has 27 heavy (non-hydrogen) atoms. The summed E-state index contributed by atoms with van der Waals surface area (Å²) in [6, 6.07) is 9.14. The van der Waals surface area contributed by atoms with Gasteiger partial charge >= 0.3 is 5.97 Å². The van der Waals surface area contributed by atoms with Crippen LogP contribution in [0.25, 0.3) is 33.7 Å². The maximum absolute atomic E-state index is 14.8. The molecule has 4 heterocycles. The first-order valence-electron chi connectivity index (χ1n) is 8.31. The predicted octanol–water partition coefficient (Wildman–Crippen LogP) is 3.91. The van der Waals surface area contributed by atoms with Crippen LogP contribution in [0.4, 0.5) is 4.39 Å². The Morgan fingerprint density at radius 2 is 2.07 bits per heavy atom. The lowest BCUT2D eigenvalue weighted by molar-refractivity contribution is 0.0693. The summed E-state index contributed by atoms with van der Waals surface area (Å²) in [7, 11) is 0. The van der Waals surface area contributed by atoms with Crippen LogP contribution in [0.3, 0.4) is 0 Å². The normalized spacial score (nSPS) is 12.8. The zero-order valence-corrected chi connectivity index (χ0v) is 13.9. The van der Waals surface area contributed by atoms with E-state index in [0.717, 1.165) is 16.5 Å². The first-order valence-corrected chi connectivity index (χ1v) is 8.31. The summed E-state index contributed by atoms with van der Waals surface area (Å²) in [4.78, 5) is 23.3. The Morgan fingerprint density at radius 1 is 1.22 bits per heavy atom. The number of aromatic nitrogens is 1. The van der Waals surface area contributed by atoms with Crippen LogP contribution in [-0.2, 0) is 13.0 Å². The van der Waals surface area contributed by atoms with Gasteiger partial charge < -0.3 is 18.5 Å². The van der Waals surface area contributed by atoms with Crippen molar-refractivity contribution < 1.29 is 23.1 Å². The zero-order chi connectivity index (χ0) is 18.7. The molecule has 134 valence electrons. The molecule has 0 amide bonds. The molecule has 1 aliphatic rings. The minimum atomic E-state index is -1.45. The van der Waals surface area contributed by atoms with Gasteiger partial charge in [-0.25, -0.2) is 9.18 Å². The van der Waals surface area contributed by atoms with E-state index in [2.05, 4.69) is 0 Å². The van der Waals surface area contributed by atoms with Gasteiger partial charge in [0, 0.05) is 23.7 Å². The molecule has 1 aliphatic heterocycles. The number of carboxylic acids is 1. The summed E-state index contributed by atoms with van der Waals surface area (Å²) >= 11 is 0. The third-order valence-electron chi connectivity index (χ3n) is 4.88. The molecule has 0 saturated carbocycles. The summed E-state index contributed by atoms with van der Waals surface area (Å²) in [5.74, 6) is -1.70. The molecule has 0 radical (unpaired) electrons. The second-order valence-corrected chi connectivity index (χ2v) is 6.35. The van der Waals surface area contributed by atoms with E-state index < -0.39 is 22.8 Å². The quantitative estimate of drug-likeness (QED) is 0.582. The number of hydrogen-bond donors (Lipinski definition) is 1. The summed E-state index contributed by atoms with van der Waals surface area (Å²) in [5.41, 5.74) is 0.302. The van der Waals surface area contributed by atoms with Crippen LogP contribution < -0.4 is 5.43 Å².